The minimum Gasteiger partial charge on any atom is -0.487 e. The van der Waals surface area contributed by atoms with E-state index in [4.69, 9.17) is 9.84 Å². The van der Waals surface area contributed by atoms with Gasteiger partial charge < -0.3 is 15.2 Å². The lowest BCUT2D eigenvalue weighted by Crippen LogP contribution is -2.24. The highest BCUT2D eigenvalue weighted by Gasteiger charge is 2.13. The van der Waals surface area contributed by atoms with Gasteiger partial charge in [0.25, 0.3) is 0 Å². The molecule has 1 rings (SSSR count). The summed E-state index contributed by atoms with van der Waals surface area (Å²) in [7, 11) is 0. The van der Waals surface area contributed by atoms with Gasteiger partial charge in [0.05, 0.1) is 11.5 Å². The molecular formula is C16H22N2O6. The number of hydrogen-bond donors (Lipinski definition) is 2. The van der Waals surface area contributed by atoms with Crippen LogP contribution in [-0.4, -0.2) is 35.1 Å². The van der Waals surface area contributed by atoms with E-state index in [1.54, 1.807) is 12.1 Å². The number of amides is 1. The van der Waals surface area contributed by atoms with E-state index >= 15 is 0 Å². The Labute approximate surface area is 140 Å². The number of rotatable bonds is 12. The zero-order chi connectivity index (χ0) is 17.8. The lowest BCUT2D eigenvalue weighted by molar-refractivity contribution is -0.385. The molecule has 0 aliphatic carbocycles. The van der Waals surface area contributed by atoms with Crippen molar-refractivity contribution in [3.05, 3.63) is 34.4 Å². The number of nitro groups is 1. The van der Waals surface area contributed by atoms with Crippen molar-refractivity contribution in [3.8, 4) is 5.75 Å². The quantitative estimate of drug-likeness (QED) is 0.343. The number of carbonyl (C=O) groups excluding carboxylic acids is 1. The second kappa shape index (κ2) is 11.0. The van der Waals surface area contributed by atoms with Gasteiger partial charge in [0.1, 0.15) is 0 Å². The monoisotopic (exact) mass is 338 g/mol. The van der Waals surface area contributed by atoms with Crippen molar-refractivity contribution in [3.63, 3.8) is 0 Å². The van der Waals surface area contributed by atoms with Gasteiger partial charge in [-0.1, -0.05) is 18.6 Å². The van der Waals surface area contributed by atoms with Gasteiger partial charge in [-0.15, -0.1) is 0 Å². The minimum atomic E-state index is -0.808. The van der Waals surface area contributed by atoms with E-state index in [0.29, 0.717) is 19.4 Å². The van der Waals surface area contributed by atoms with Crippen LogP contribution in [0.25, 0.3) is 0 Å². The van der Waals surface area contributed by atoms with Gasteiger partial charge in [-0.25, -0.2) is 0 Å². The summed E-state index contributed by atoms with van der Waals surface area (Å²) in [5.41, 5.74) is -0.0942. The first-order chi connectivity index (χ1) is 11.5. The maximum Gasteiger partial charge on any atom is 0.310 e. The predicted octanol–water partition coefficient (Wildman–Crippen LogP) is 2.52. The Morgan fingerprint density at radius 3 is 2.58 bits per heavy atom. The van der Waals surface area contributed by atoms with Crippen molar-refractivity contribution in [1.82, 2.24) is 5.32 Å². The number of para-hydroxylation sites is 2. The molecule has 0 unspecified atom stereocenters. The number of nitrogens with zero attached hydrogens (tertiary/aromatic N) is 1. The molecule has 0 saturated heterocycles. The fraction of sp³-hybridized carbons (Fsp3) is 0.500. The molecule has 0 aromatic heterocycles. The molecule has 0 fully saturated rings. The average Bonchev–Trinajstić information content (AvgIpc) is 2.54. The summed E-state index contributed by atoms with van der Waals surface area (Å²) in [5, 5.41) is 22.1. The molecule has 1 amide bonds. The van der Waals surface area contributed by atoms with Crippen LogP contribution in [0.1, 0.15) is 38.5 Å². The van der Waals surface area contributed by atoms with Gasteiger partial charge in [-0.05, 0) is 25.3 Å². The minimum absolute atomic E-state index is 0.0942. The summed E-state index contributed by atoms with van der Waals surface area (Å²) in [4.78, 5) is 32.2. The summed E-state index contributed by atoms with van der Waals surface area (Å²) >= 11 is 0. The molecule has 0 aliphatic rings. The molecule has 1 aromatic carbocycles. The van der Waals surface area contributed by atoms with E-state index in [0.717, 1.165) is 12.8 Å². The summed E-state index contributed by atoms with van der Waals surface area (Å²) in [6.45, 7) is 0.736. The number of benzene rings is 1. The van der Waals surface area contributed by atoms with Crippen LogP contribution < -0.4 is 10.1 Å². The van der Waals surface area contributed by atoms with E-state index in [9.17, 15) is 19.7 Å². The van der Waals surface area contributed by atoms with Gasteiger partial charge in [-0.3, -0.25) is 19.7 Å². The molecule has 132 valence electrons. The van der Waals surface area contributed by atoms with E-state index in [1.165, 1.54) is 12.1 Å². The third kappa shape index (κ3) is 8.11. The lowest BCUT2D eigenvalue weighted by Gasteiger charge is -2.07. The zero-order valence-corrected chi connectivity index (χ0v) is 13.4. The summed E-state index contributed by atoms with van der Waals surface area (Å²) in [6, 6.07) is 6.11. The van der Waals surface area contributed by atoms with Crippen LogP contribution in [0.5, 0.6) is 5.75 Å². The number of nitro benzene ring substituents is 1. The standard InChI is InChI=1S/C16H22N2O6/c19-15(17-11-5-1-2-10-16(20)21)9-6-12-24-14-8-4-3-7-13(14)18(22)23/h3-4,7-8H,1-2,5-6,9-12H2,(H,17,19)(H,20,21). The Morgan fingerprint density at radius 1 is 1.12 bits per heavy atom. The van der Waals surface area contributed by atoms with Crippen molar-refractivity contribution in [2.75, 3.05) is 13.2 Å². The van der Waals surface area contributed by atoms with E-state index in [1.807, 2.05) is 0 Å². The Morgan fingerprint density at radius 2 is 1.88 bits per heavy atom. The van der Waals surface area contributed by atoms with Crippen molar-refractivity contribution in [1.29, 1.82) is 0 Å². The summed E-state index contributed by atoms with van der Waals surface area (Å²) in [5.74, 6) is -0.724. The molecule has 2 N–H and O–H groups in total. The normalized spacial score (nSPS) is 10.2. The Bertz CT molecular complexity index is 561. The molecule has 0 radical (unpaired) electrons. The van der Waals surface area contributed by atoms with Crippen molar-refractivity contribution >= 4 is 17.6 Å². The molecule has 24 heavy (non-hydrogen) atoms. The topological polar surface area (TPSA) is 119 Å². The largest absolute Gasteiger partial charge is 0.487 e. The number of hydrogen-bond acceptors (Lipinski definition) is 5. The van der Waals surface area contributed by atoms with Gasteiger partial charge in [0, 0.05) is 25.5 Å². The molecule has 8 nitrogen and oxygen atoms in total. The Hall–Kier alpha value is -2.64. The van der Waals surface area contributed by atoms with Gasteiger partial charge in [0.2, 0.25) is 5.91 Å². The fourth-order valence-corrected chi connectivity index (χ4v) is 2.04. The Kier molecular flexibility index (Phi) is 8.88. The highest BCUT2D eigenvalue weighted by Crippen LogP contribution is 2.25. The van der Waals surface area contributed by atoms with Gasteiger partial charge in [-0.2, -0.15) is 0 Å². The molecular weight excluding hydrogens is 316 g/mol. The van der Waals surface area contributed by atoms with Crippen LogP contribution in [0, 0.1) is 10.1 Å². The maximum atomic E-state index is 11.6. The first-order valence-electron chi connectivity index (χ1n) is 7.85. The van der Waals surface area contributed by atoms with Gasteiger partial charge in [0.15, 0.2) is 5.75 Å². The Balaban J connectivity index is 2.12. The second-order valence-corrected chi connectivity index (χ2v) is 5.23. The van der Waals surface area contributed by atoms with Crippen molar-refractivity contribution in [2.45, 2.75) is 38.5 Å². The number of aliphatic carboxylic acids is 1. The molecule has 1 aromatic rings. The second-order valence-electron chi connectivity index (χ2n) is 5.23. The molecule has 8 heteroatoms. The highest BCUT2D eigenvalue weighted by molar-refractivity contribution is 5.75. The number of carboxylic acid groups (broad SMARTS) is 1. The van der Waals surface area contributed by atoms with E-state index in [-0.39, 0.29) is 36.8 Å². The predicted molar refractivity (Wildman–Crippen MR) is 86.9 cm³/mol. The third-order valence-corrected chi connectivity index (χ3v) is 3.26. The van der Waals surface area contributed by atoms with Crippen LogP contribution in [0.2, 0.25) is 0 Å². The van der Waals surface area contributed by atoms with E-state index < -0.39 is 10.9 Å². The number of ether oxygens (including phenoxy) is 1. The fourth-order valence-electron chi connectivity index (χ4n) is 2.04. The van der Waals surface area contributed by atoms with Crippen molar-refractivity contribution < 1.29 is 24.4 Å². The number of nitrogens with one attached hydrogen (secondary N) is 1. The highest BCUT2D eigenvalue weighted by atomic mass is 16.6. The smallest absolute Gasteiger partial charge is 0.310 e. The van der Waals surface area contributed by atoms with Crippen LogP contribution in [0.3, 0.4) is 0 Å². The average molecular weight is 338 g/mol. The number of unbranched alkanes of at least 4 members (excludes halogenated alkanes) is 2. The van der Waals surface area contributed by atoms with E-state index in [2.05, 4.69) is 5.32 Å². The van der Waals surface area contributed by atoms with Crippen LogP contribution in [0.4, 0.5) is 5.69 Å². The molecule has 0 spiro atoms. The summed E-state index contributed by atoms with van der Waals surface area (Å²) < 4.78 is 5.35. The summed E-state index contributed by atoms with van der Waals surface area (Å²) in [6.07, 6.45) is 2.98. The molecule has 0 atom stereocenters. The SMILES string of the molecule is O=C(O)CCCCCNC(=O)CCCOc1ccccc1[N+](=O)[O-]. The zero-order valence-electron chi connectivity index (χ0n) is 13.4. The maximum absolute atomic E-state index is 11.6. The molecule has 0 bridgehead atoms. The molecule has 0 heterocycles. The molecule has 0 aliphatic heterocycles. The van der Waals surface area contributed by atoms with Crippen molar-refractivity contribution in [2.24, 2.45) is 0 Å². The first kappa shape index (κ1) is 19.4. The van der Waals surface area contributed by atoms with Gasteiger partial charge >= 0.3 is 11.7 Å². The van der Waals surface area contributed by atoms with Crippen LogP contribution >= 0.6 is 0 Å². The molecule has 0 saturated carbocycles. The number of carboxylic acids is 1. The van der Waals surface area contributed by atoms with Crippen LogP contribution in [-0.2, 0) is 9.59 Å². The first-order valence-corrected chi connectivity index (χ1v) is 7.85. The lowest BCUT2D eigenvalue weighted by atomic mass is 10.2. The van der Waals surface area contributed by atoms with Crippen LogP contribution in [0.15, 0.2) is 24.3 Å². The third-order valence-electron chi connectivity index (χ3n) is 3.26. The number of carbonyl (C=O) groups is 2.